The van der Waals surface area contributed by atoms with E-state index in [0.717, 1.165) is 35.0 Å². The summed E-state index contributed by atoms with van der Waals surface area (Å²) in [6.45, 7) is 1.04. The number of H-pyrrole nitrogens is 1. The molecule has 0 saturated carbocycles. The Kier molecular flexibility index (Phi) is 5.09. The third-order valence-electron chi connectivity index (χ3n) is 5.39. The van der Waals surface area contributed by atoms with Gasteiger partial charge in [0.05, 0.1) is 10.6 Å². The molecule has 31 heavy (non-hydrogen) atoms. The first-order chi connectivity index (χ1) is 15.0. The molecule has 2 aromatic heterocycles. The van der Waals surface area contributed by atoms with Gasteiger partial charge in [-0.2, -0.15) is 4.31 Å². The fraction of sp³-hybridized carbons (Fsp3) is 0.182. The van der Waals surface area contributed by atoms with Gasteiger partial charge in [0.1, 0.15) is 0 Å². The van der Waals surface area contributed by atoms with Gasteiger partial charge in [0.15, 0.2) is 5.13 Å². The van der Waals surface area contributed by atoms with Crippen molar-refractivity contribution in [1.82, 2.24) is 14.3 Å². The number of fused-ring (bicyclic) bond motifs is 1. The third-order valence-corrected chi connectivity index (χ3v) is 8.04. The average Bonchev–Trinajstić information content (AvgIpc) is 3.54. The van der Waals surface area contributed by atoms with Crippen molar-refractivity contribution in [2.45, 2.75) is 17.7 Å². The number of sulfonamides is 1. The maximum absolute atomic E-state index is 12.8. The second-order valence-corrected chi connectivity index (χ2v) is 10.2. The normalized spacial score (nSPS) is 14.8. The molecule has 158 valence electrons. The fourth-order valence-corrected chi connectivity index (χ4v) is 6.05. The molecule has 1 amide bonds. The third kappa shape index (κ3) is 3.76. The Morgan fingerprint density at radius 3 is 2.74 bits per heavy atom. The van der Waals surface area contributed by atoms with E-state index in [-0.39, 0.29) is 10.5 Å². The largest absolute Gasteiger partial charge is 0.360 e. The first-order valence-corrected chi connectivity index (χ1v) is 12.3. The predicted octanol–water partition coefficient (Wildman–Crippen LogP) is 4.33. The molecule has 0 bridgehead atoms. The van der Waals surface area contributed by atoms with Crippen LogP contribution in [0, 0.1) is 0 Å². The summed E-state index contributed by atoms with van der Waals surface area (Å²) >= 11 is 1.33. The zero-order valence-electron chi connectivity index (χ0n) is 16.5. The van der Waals surface area contributed by atoms with Crippen LogP contribution >= 0.6 is 11.3 Å². The van der Waals surface area contributed by atoms with Crippen molar-refractivity contribution in [2.24, 2.45) is 0 Å². The van der Waals surface area contributed by atoms with Gasteiger partial charge in [-0.15, -0.1) is 11.3 Å². The number of carbonyl (C=O) groups excluding carboxylic acids is 1. The molecular formula is C22H20N4O3S2. The Morgan fingerprint density at radius 1 is 1.10 bits per heavy atom. The monoisotopic (exact) mass is 452 g/mol. The highest BCUT2D eigenvalue weighted by Gasteiger charge is 2.27. The van der Waals surface area contributed by atoms with Crippen LogP contribution in [0.1, 0.15) is 23.2 Å². The van der Waals surface area contributed by atoms with Gasteiger partial charge in [0, 0.05) is 46.7 Å². The molecule has 1 saturated heterocycles. The number of nitrogens with one attached hydrogen (secondary N) is 2. The van der Waals surface area contributed by atoms with Crippen LogP contribution in [0.25, 0.3) is 22.2 Å². The van der Waals surface area contributed by atoms with Crippen molar-refractivity contribution < 1.29 is 13.2 Å². The summed E-state index contributed by atoms with van der Waals surface area (Å²) in [7, 11) is -3.58. The van der Waals surface area contributed by atoms with Gasteiger partial charge >= 0.3 is 0 Å². The molecule has 1 aliphatic rings. The van der Waals surface area contributed by atoms with E-state index in [4.69, 9.17) is 0 Å². The Hall–Kier alpha value is -3.01. The van der Waals surface area contributed by atoms with E-state index in [2.05, 4.69) is 15.3 Å². The minimum Gasteiger partial charge on any atom is -0.360 e. The van der Waals surface area contributed by atoms with Crippen molar-refractivity contribution in [3.05, 3.63) is 65.7 Å². The molecule has 1 fully saturated rings. The summed E-state index contributed by atoms with van der Waals surface area (Å²) in [5, 5.41) is 6.19. The van der Waals surface area contributed by atoms with Gasteiger partial charge in [0.25, 0.3) is 5.91 Å². The number of para-hydroxylation sites is 1. The molecule has 0 aliphatic carbocycles. The van der Waals surface area contributed by atoms with Gasteiger partial charge < -0.3 is 4.98 Å². The average molecular weight is 453 g/mol. The van der Waals surface area contributed by atoms with E-state index in [1.807, 2.05) is 35.8 Å². The van der Waals surface area contributed by atoms with Crippen molar-refractivity contribution in [3.8, 4) is 11.3 Å². The number of carbonyl (C=O) groups is 1. The molecule has 7 nitrogen and oxygen atoms in total. The second-order valence-electron chi connectivity index (χ2n) is 7.38. The van der Waals surface area contributed by atoms with Crippen LogP contribution in [0.15, 0.2) is 65.0 Å². The molecule has 2 N–H and O–H groups in total. The van der Waals surface area contributed by atoms with E-state index in [9.17, 15) is 13.2 Å². The Balaban J connectivity index is 1.37. The van der Waals surface area contributed by atoms with Crippen LogP contribution in [0.2, 0.25) is 0 Å². The second kappa shape index (κ2) is 7.92. The lowest BCUT2D eigenvalue weighted by Crippen LogP contribution is -2.28. The lowest BCUT2D eigenvalue weighted by atomic mass is 10.1. The molecule has 3 heterocycles. The molecular weight excluding hydrogens is 432 g/mol. The quantitative estimate of drug-likeness (QED) is 0.471. The van der Waals surface area contributed by atoms with Crippen molar-refractivity contribution >= 4 is 43.3 Å². The maximum atomic E-state index is 12.8. The highest BCUT2D eigenvalue weighted by Crippen LogP contribution is 2.31. The zero-order chi connectivity index (χ0) is 21.4. The Labute approximate surface area is 183 Å². The zero-order valence-corrected chi connectivity index (χ0v) is 18.2. The van der Waals surface area contributed by atoms with Gasteiger partial charge in [-0.3, -0.25) is 10.1 Å². The molecule has 0 atom stereocenters. The summed E-state index contributed by atoms with van der Waals surface area (Å²) in [5.41, 5.74) is 3.03. The summed E-state index contributed by atoms with van der Waals surface area (Å²) in [6, 6.07) is 14.1. The lowest BCUT2D eigenvalue weighted by Gasteiger charge is -2.15. The minimum atomic E-state index is -3.58. The molecule has 0 radical (unpaired) electrons. The van der Waals surface area contributed by atoms with E-state index >= 15 is 0 Å². The number of aromatic amines is 1. The van der Waals surface area contributed by atoms with Crippen molar-refractivity contribution in [2.75, 3.05) is 18.4 Å². The summed E-state index contributed by atoms with van der Waals surface area (Å²) < 4.78 is 27.1. The highest BCUT2D eigenvalue weighted by molar-refractivity contribution is 7.89. The van der Waals surface area contributed by atoms with Crippen molar-refractivity contribution in [3.63, 3.8) is 0 Å². The highest BCUT2D eigenvalue weighted by atomic mass is 32.2. The Bertz CT molecular complexity index is 1370. The predicted molar refractivity (Wildman–Crippen MR) is 122 cm³/mol. The number of amides is 1. The number of hydrogen-bond acceptors (Lipinski definition) is 5. The van der Waals surface area contributed by atoms with Crippen molar-refractivity contribution in [1.29, 1.82) is 0 Å². The summed E-state index contributed by atoms with van der Waals surface area (Å²) in [5.74, 6) is -0.390. The van der Waals surface area contributed by atoms with Crippen LogP contribution < -0.4 is 5.32 Å². The number of anilines is 1. The van der Waals surface area contributed by atoms with Gasteiger partial charge in [-0.05, 0) is 37.1 Å². The van der Waals surface area contributed by atoms with E-state index in [0.29, 0.717) is 18.2 Å². The molecule has 0 unspecified atom stereocenters. The maximum Gasteiger partial charge on any atom is 0.257 e. The smallest absolute Gasteiger partial charge is 0.257 e. The standard InChI is InChI=1S/C22H20N4O3S2/c27-21(15-6-5-7-16(12-15)31(28,29)26-10-3-4-11-26)25-22-24-20(14-30-22)18-13-23-19-9-2-1-8-17(18)19/h1-2,5-9,12-14,23H,3-4,10-11H2,(H,24,25,27). The Morgan fingerprint density at radius 2 is 1.90 bits per heavy atom. The number of thiazole rings is 1. The SMILES string of the molecule is O=C(Nc1nc(-c2c[nH]c3ccccc23)cs1)c1cccc(S(=O)(=O)N2CCCC2)c1. The molecule has 4 aromatic rings. The van der Waals surface area contributed by atoms with Gasteiger partial charge in [-0.25, -0.2) is 13.4 Å². The van der Waals surface area contributed by atoms with E-state index in [1.165, 1.54) is 27.8 Å². The van der Waals surface area contributed by atoms with Crippen LogP contribution in [0.5, 0.6) is 0 Å². The van der Waals surface area contributed by atoms with E-state index in [1.54, 1.807) is 12.1 Å². The number of hydrogen-bond donors (Lipinski definition) is 2. The minimum absolute atomic E-state index is 0.140. The fourth-order valence-electron chi connectivity index (χ4n) is 3.78. The topological polar surface area (TPSA) is 95.2 Å². The first-order valence-electron chi connectivity index (χ1n) is 9.96. The molecule has 5 rings (SSSR count). The lowest BCUT2D eigenvalue weighted by molar-refractivity contribution is 0.102. The number of aromatic nitrogens is 2. The van der Waals surface area contributed by atoms with E-state index < -0.39 is 15.9 Å². The van der Waals surface area contributed by atoms with Gasteiger partial charge in [-0.1, -0.05) is 24.3 Å². The molecule has 2 aromatic carbocycles. The molecule has 1 aliphatic heterocycles. The first kappa shape index (κ1) is 19.9. The van der Waals surface area contributed by atoms with Crippen LogP contribution in [0.4, 0.5) is 5.13 Å². The number of rotatable bonds is 5. The van der Waals surface area contributed by atoms with Crippen LogP contribution in [-0.2, 0) is 10.0 Å². The molecule has 0 spiro atoms. The molecule has 9 heteroatoms. The van der Waals surface area contributed by atoms with Crippen LogP contribution in [-0.4, -0.2) is 41.7 Å². The summed E-state index contributed by atoms with van der Waals surface area (Å²) in [6.07, 6.45) is 3.63. The van der Waals surface area contributed by atoms with Gasteiger partial charge in [0.2, 0.25) is 10.0 Å². The van der Waals surface area contributed by atoms with Crippen LogP contribution in [0.3, 0.4) is 0 Å². The number of benzene rings is 2. The number of nitrogens with zero attached hydrogens (tertiary/aromatic N) is 2. The summed E-state index contributed by atoms with van der Waals surface area (Å²) in [4.78, 5) is 20.7.